The summed E-state index contributed by atoms with van der Waals surface area (Å²) in [5.74, 6) is -1.15. The Balaban J connectivity index is 1.70. The molecule has 2 atom stereocenters. The lowest BCUT2D eigenvalue weighted by molar-refractivity contribution is -0.118. The number of amides is 1. The first-order valence-corrected chi connectivity index (χ1v) is 9.30. The second kappa shape index (κ2) is 7.58. The van der Waals surface area contributed by atoms with Crippen molar-refractivity contribution in [3.8, 4) is 11.1 Å². The Kier molecular flexibility index (Phi) is 4.98. The van der Waals surface area contributed by atoms with Crippen LogP contribution in [0.4, 0.5) is 0 Å². The quantitative estimate of drug-likeness (QED) is 0.547. The zero-order valence-electron chi connectivity index (χ0n) is 16.0. The molecule has 28 heavy (non-hydrogen) atoms. The van der Waals surface area contributed by atoms with Gasteiger partial charge in [0.15, 0.2) is 0 Å². The van der Waals surface area contributed by atoms with Gasteiger partial charge in [0.05, 0.1) is 12.1 Å². The number of fused-ring (bicyclic) bond motifs is 1. The van der Waals surface area contributed by atoms with Crippen LogP contribution in [0.15, 0.2) is 60.8 Å². The van der Waals surface area contributed by atoms with Crippen LogP contribution in [0.2, 0.25) is 0 Å². The maximum Gasteiger partial charge on any atom is 0.294 e. The maximum absolute atomic E-state index is 13.2. The van der Waals surface area contributed by atoms with Gasteiger partial charge in [0.25, 0.3) is 11.7 Å². The summed E-state index contributed by atoms with van der Waals surface area (Å²) in [5.41, 5.74) is 2.89. The number of carbonyl (C=O) groups excluding carboxylic acids is 2. The number of rotatable bonds is 5. The van der Waals surface area contributed by atoms with Gasteiger partial charge in [0.2, 0.25) is 0 Å². The minimum absolute atomic E-state index is 0.126. The zero-order valence-corrected chi connectivity index (χ0v) is 16.0. The highest BCUT2D eigenvalue weighted by atomic mass is 16.5. The third-order valence-corrected chi connectivity index (χ3v) is 5.25. The fourth-order valence-corrected chi connectivity index (χ4v) is 3.87. The number of hydrogen-bond acceptors (Lipinski definition) is 4. The molecule has 6 heteroatoms. The summed E-state index contributed by atoms with van der Waals surface area (Å²) in [5, 5.41) is 2.87. The molecule has 0 bridgehead atoms. The van der Waals surface area contributed by atoms with Crippen LogP contribution >= 0.6 is 0 Å². The van der Waals surface area contributed by atoms with Crippen LogP contribution in [0.1, 0.15) is 10.5 Å². The van der Waals surface area contributed by atoms with Crippen LogP contribution in [0, 0.1) is 0 Å². The van der Waals surface area contributed by atoms with Gasteiger partial charge in [0.1, 0.15) is 5.69 Å². The number of Topliss-reactive ketones (excluding diaryl/α,β-unsaturated/α-hetero) is 1. The summed E-state index contributed by atoms with van der Waals surface area (Å²) >= 11 is 0. The molecule has 1 fully saturated rings. The predicted octanol–water partition coefficient (Wildman–Crippen LogP) is 2.23. The highest BCUT2D eigenvalue weighted by Crippen LogP contribution is 2.28. The van der Waals surface area contributed by atoms with E-state index in [1.165, 1.54) is 0 Å². The Morgan fingerprint density at radius 1 is 1.07 bits per heavy atom. The molecule has 4 rings (SSSR count). The number of benzene rings is 1. The number of pyridine rings is 1. The summed E-state index contributed by atoms with van der Waals surface area (Å²) in [6, 6.07) is 17.1. The number of carbonyl (C=O) groups is 2. The number of likely N-dealkylation sites (N-methyl/N-ethyl adjacent to an activating group) is 1. The van der Waals surface area contributed by atoms with Crippen LogP contribution < -0.4 is 5.32 Å². The maximum atomic E-state index is 13.2. The second-order valence-electron chi connectivity index (χ2n) is 7.17. The first-order valence-electron chi connectivity index (χ1n) is 9.30. The molecule has 6 nitrogen and oxygen atoms in total. The van der Waals surface area contributed by atoms with Gasteiger partial charge in [-0.05, 0) is 30.8 Å². The third kappa shape index (κ3) is 3.32. The van der Waals surface area contributed by atoms with Gasteiger partial charge >= 0.3 is 0 Å². The van der Waals surface area contributed by atoms with Crippen molar-refractivity contribution in [2.45, 2.75) is 12.1 Å². The van der Waals surface area contributed by atoms with E-state index < -0.39 is 11.7 Å². The standard InChI is InChI=1S/C22H23N3O3/c1-24-13-18(19(14-24)28-2)23-22(27)21(26)20-17(15-8-4-3-5-9-15)12-16-10-6-7-11-25(16)20/h3-12,18-19H,13-14H2,1-2H3,(H,23,27)/t18-,19-/m1/s1. The molecule has 1 aliphatic rings. The van der Waals surface area contributed by atoms with Crippen LogP contribution in [0.25, 0.3) is 16.6 Å². The van der Waals surface area contributed by atoms with E-state index in [0.29, 0.717) is 12.2 Å². The fourth-order valence-electron chi connectivity index (χ4n) is 3.87. The molecular formula is C22H23N3O3. The molecule has 1 aliphatic heterocycles. The highest BCUT2D eigenvalue weighted by molar-refractivity contribution is 6.43. The first kappa shape index (κ1) is 18.4. The Labute approximate surface area is 163 Å². The molecule has 1 aromatic carbocycles. The lowest BCUT2D eigenvalue weighted by Crippen LogP contribution is -2.46. The number of nitrogens with one attached hydrogen (secondary N) is 1. The summed E-state index contributed by atoms with van der Waals surface area (Å²) in [6.07, 6.45) is 1.68. The van der Waals surface area contributed by atoms with Gasteiger partial charge < -0.3 is 19.4 Å². The van der Waals surface area contributed by atoms with Gasteiger partial charge in [-0.3, -0.25) is 9.59 Å². The normalized spacial score (nSPS) is 19.8. The molecule has 1 N–H and O–H groups in total. The van der Waals surface area contributed by atoms with Crippen molar-refractivity contribution >= 4 is 17.2 Å². The van der Waals surface area contributed by atoms with Crippen molar-refractivity contribution in [1.82, 2.24) is 14.6 Å². The molecule has 1 amide bonds. The summed E-state index contributed by atoms with van der Waals surface area (Å²) in [6.45, 7) is 1.37. The number of aromatic nitrogens is 1. The van der Waals surface area contributed by atoms with Gasteiger partial charge in [-0.2, -0.15) is 0 Å². The lowest BCUT2D eigenvalue weighted by atomic mass is 10.0. The SMILES string of the molecule is CO[C@@H]1CN(C)C[C@H]1NC(=O)C(=O)c1c(-c2ccccc2)cc2ccccn12. The number of ether oxygens (including phenoxy) is 1. The van der Waals surface area contributed by atoms with Crippen LogP contribution in [-0.2, 0) is 9.53 Å². The van der Waals surface area contributed by atoms with Crippen LogP contribution in [-0.4, -0.2) is 60.4 Å². The topological polar surface area (TPSA) is 63.0 Å². The van der Waals surface area contributed by atoms with Gasteiger partial charge in [0, 0.05) is 37.5 Å². The Hall–Kier alpha value is -2.96. The lowest BCUT2D eigenvalue weighted by Gasteiger charge is -2.18. The fraction of sp³-hybridized carbons (Fsp3) is 0.273. The van der Waals surface area contributed by atoms with E-state index in [-0.39, 0.29) is 12.1 Å². The number of ketones is 1. The van der Waals surface area contributed by atoms with Crippen LogP contribution in [0.3, 0.4) is 0 Å². The summed E-state index contributed by atoms with van der Waals surface area (Å²) < 4.78 is 7.23. The largest absolute Gasteiger partial charge is 0.378 e. The predicted molar refractivity (Wildman–Crippen MR) is 107 cm³/mol. The second-order valence-corrected chi connectivity index (χ2v) is 7.17. The van der Waals surface area contributed by atoms with E-state index in [4.69, 9.17) is 4.74 Å². The van der Waals surface area contributed by atoms with E-state index in [1.54, 1.807) is 11.5 Å². The van der Waals surface area contributed by atoms with Gasteiger partial charge in [-0.1, -0.05) is 36.4 Å². The van der Waals surface area contributed by atoms with E-state index in [1.807, 2.05) is 67.8 Å². The van der Waals surface area contributed by atoms with Crippen molar-refractivity contribution in [1.29, 1.82) is 0 Å². The molecule has 3 aromatic rings. The molecule has 144 valence electrons. The van der Waals surface area contributed by atoms with Crippen molar-refractivity contribution in [3.05, 3.63) is 66.5 Å². The molecule has 3 heterocycles. The number of hydrogen-bond donors (Lipinski definition) is 1. The highest BCUT2D eigenvalue weighted by Gasteiger charge is 2.34. The number of nitrogens with zero attached hydrogens (tertiary/aromatic N) is 2. The molecule has 0 unspecified atom stereocenters. The van der Waals surface area contributed by atoms with E-state index in [0.717, 1.165) is 23.2 Å². The van der Waals surface area contributed by atoms with E-state index >= 15 is 0 Å². The molecule has 0 aliphatic carbocycles. The van der Waals surface area contributed by atoms with Gasteiger partial charge in [-0.25, -0.2) is 0 Å². The molecule has 1 saturated heterocycles. The molecule has 0 spiro atoms. The Bertz CT molecular complexity index is 1010. The third-order valence-electron chi connectivity index (χ3n) is 5.25. The smallest absolute Gasteiger partial charge is 0.294 e. The van der Waals surface area contributed by atoms with E-state index in [9.17, 15) is 9.59 Å². The summed E-state index contributed by atoms with van der Waals surface area (Å²) in [7, 11) is 3.59. The average Bonchev–Trinajstić information content (AvgIpc) is 3.28. The summed E-state index contributed by atoms with van der Waals surface area (Å²) in [4.78, 5) is 28.1. The monoisotopic (exact) mass is 377 g/mol. The Morgan fingerprint density at radius 2 is 1.82 bits per heavy atom. The first-order chi connectivity index (χ1) is 13.6. The Morgan fingerprint density at radius 3 is 2.57 bits per heavy atom. The molecule has 0 saturated carbocycles. The zero-order chi connectivity index (χ0) is 19.7. The van der Waals surface area contributed by atoms with Crippen molar-refractivity contribution < 1.29 is 14.3 Å². The number of likely N-dealkylation sites (tertiary alicyclic amines) is 1. The minimum Gasteiger partial charge on any atom is -0.378 e. The van der Waals surface area contributed by atoms with Crippen molar-refractivity contribution in [2.75, 3.05) is 27.2 Å². The molecule has 0 radical (unpaired) electrons. The van der Waals surface area contributed by atoms with Crippen molar-refractivity contribution in [3.63, 3.8) is 0 Å². The molecular weight excluding hydrogens is 354 g/mol. The van der Waals surface area contributed by atoms with Crippen LogP contribution in [0.5, 0.6) is 0 Å². The minimum atomic E-state index is -0.608. The molecule has 2 aromatic heterocycles. The average molecular weight is 377 g/mol. The van der Waals surface area contributed by atoms with E-state index in [2.05, 4.69) is 10.2 Å². The van der Waals surface area contributed by atoms with Gasteiger partial charge in [-0.15, -0.1) is 0 Å². The van der Waals surface area contributed by atoms with Crippen molar-refractivity contribution in [2.24, 2.45) is 0 Å². The number of methoxy groups -OCH3 is 1.